The number of azo groups is 1. The number of phenolic OH excluding ortho intramolecular Hbond substituents is 1. The molecule has 0 saturated carbocycles. The zero-order valence-electron chi connectivity index (χ0n) is 11.0. The molecule has 0 radical (unpaired) electrons. The van der Waals surface area contributed by atoms with E-state index in [1.807, 2.05) is 43.3 Å². The molecule has 4 heteroatoms. The molecule has 0 aliphatic heterocycles. The Labute approximate surface area is 116 Å². The number of benzene rings is 2. The van der Waals surface area contributed by atoms with Crippen molar-refractivity contribution in [2.24, 2.45) is 10.2 Å². The lowest BCUT2D eigenvalue weighted by atomic mass is 10.2. The fraction of sp³-hybridized carbons (Fsp3) is 0.0625. The van der Waals surface area contributed by atoms with Gasteiger partial charge >= 0.3 is 0 Å². The molecule has 0 aliphatic rings. The van der Waals surface area contributed by atoms with E-state index in [-0.39, 0.29) is 5.75 Å². The van der Waals surface area contributed by atoms with Crippen LogP contribution in [0.25, 0.3) is 10.9 Å². The number of phenols is 1. The van der Waals surface area contributed by atoms with E-state index >= 15 is 0 Å². The van der Waals surface area contributed by atoms with Crippen molar-refractivity contribution in [3.63, 3.8) is 0 Å². The number of pyridine rings is 1. The van der Waals surface area contributed by atoms with Gasteiger partial charge in [0.25, 0.3) is 0 Å². The van der Waals surface area contributed by atoms with Gasteiger partial charge < -0.3 is 5.11 Å². The Morgan fingerprint density at radius 1 is 1.00 bits per heavy atom. The Bertz CT molecular complexity index is 797. The molecule has 3 aromatic rings. The van der Waals surface area contributed by atoms with Gasteiger partial charge in [-0.05, 0) is 48.9 Å². The summed E-state index contributed by atoms with van der Waals surface area (Å²) in [6.07, 6.45) is 1.64. The SMILES string of the molecule is Cc1cccc(N=Nc2ccc(O)c3ncccc23)c1. The van der Waals surface area contributed by atoms with Gasteiger partial charge in [-0.25, -0.2) is 0 Å². The zero-order chi connectivity index (χ0) is 13.9. The molecule has 0 bridgehead atoms. The molecule has 2 aromatic carbocycles. The van der Waals surface area contributed by atoms with Crippen LogP contribution in [-0.4, -0.2) is 10.1 Å². The third-order valence-corrected chi connectivity index (χ3v) is 3.00. The fourth-order valence-corrected chi connectivity index (χ4v) is 2.03. The first-order valence-electron chi connectivity index (χ1n) is 6.29. The Kier molecular flexibility index (Phi) is 3.13. The lowest BCUT2D eigenvalue weighted by Crippen LogP contribution is -1.79. The maximum atomic E-state index is 9.78. The van der Waals surface area contributed by atoms with Crippen LogP contribution in [0.3, 0.4) is 0 Å². The van der Waals surface area contributed by atoms with Crippen molar-refractivity contribution in [1.82, 2.24) is 4.98 Å². The van der Waals surface area contributed by atoms with Crippen molar-refractivity contribution in [1.29, 1.82) is 0 Å². The number of aryl methyl sites for hydroxylation is 1. The summed E-state index contributed by atoms with van der Waals surface area (Å²) < 4.78 is 0. The number of hydrogen-bond acceptors (Lipinski definition) is 4. The van der Waals surface area contributed by atoms with Gasteiger partial charge in [0.2, 0.25) is 0 Å². The quantitative estimate of drug-likeness (QED) is 0.683. The fourth-order valence-electron chi connectivity index (χ4n) is 2.03. The second kappa shape index (κ2) is 5.09. The molecule has 1 heterocycles. The maximum absolute atomic E-state index is 9.78. The molecule has 4 nitrogen and oxygen atoms in total. The van der Waals surface area contributed by atoms with Crippen LogP contribution in [0.15, 0.2) is 65.0 Å². The van der Waals surface area contributed by atoms with E-state index in [1.54, 1.807) is 18.3 Å². The standard InChI is InChI=1S/C16H13N3O/c1-11-4-2-5-12(10-11)18-19-14-7-8-15(20)16-13(14)6-3-9-17-16/h2-10,20H,1H3. The van der Waals surface area contributed by atoms with Gasteiger partial charge in [-0.3, -0.25) is 4.98 Å². The van der Waals surface area contributed by atoms with Crippen LogP contribution in [0, 0.1) is 6.92 Å². The predicted molar refractivity (Wildman–Crippen MR) is 78.8 cm³/mol. The van der Waals surface area contributed by atoms with E-state index in [1.165, 1.54) is 0 Å². The number of hydrogen-bond donors (Lipinski definition) is 1. The van der Waals surface area contributed by atoms with Crippen molar-refractivity contribution in [2.75, 3.05) is 0 Å². The van der Waals surface area contributed by atoms with Gasteiger partial charge in [0.15, 0.2) is 0 Å². The smallest absolute Gasteiger partial charge is 0.141 e. The van der Waals surface area contributed by atoms with Crippen LogP contribution < -0.4 is 0 Å². The van der Waals surface area contributed by atoms with Crippen LogP contribution >= 0.6 is 0 Å². The van der Waals surface area contributed by atoms with Crippen molar-refractivity contribution in [3.05, 3.63) is 60.3 Å². The van der Waals surface area contributed by atoms with E-state index in [4.69, 9.17) is 0 Å². The van der Waals surface area contributed by atoms with Crippen LogP contribution in [0.1, 0.15) is 5.56 Å². The van der Waals surface area contributed by atoms with E-state index < -0.39 is 0 Å². The number of aromatic nitrogens is 1. The minimum Gasteiger partial charge on any atom is -0.506 e. The second-order valence-corrected chi connectivity index (χ2v) is 4.54. The third kappa shape index (κ3) is 2.36. The Morgan fingerprint density at radius 3 is 2.75 bits per heavy atom. The zero-order valence-corrected chi connectivity index (χ0v) is 11.0. The van der Waals surface area contributed by atoms with Gasteiger partial charge in [0.1, 0.15) is 11.3 Å². The molecule has 20 heavy (non-hydrogen) atoms. The first kappa shape index (κ1) is 12.3. The summed E-state index contributed by atoms with van der Waals surface area (Å²) in [7, 11) is 0. The number of nitrogens with zero attached hydrogens (tertiary/aromatic N) is 3. The van der Waals surface area contributed by atoms with Crippen LogP contribution in [0.2, 0.25) is 0 Å². The summed E-state index contributed by atoms with van der Waals surface area (Å²) in [4.78, 5) is 4.16. The molecule has 0 aliphatic carbocycles. The largest absolute Gasteiger partial charge is 0.506 e. The van der Waals surface area contributed by atoms with E-state index in [0.29, 0.717) is 11.2 Å². The molecule has 3 rings (SSSR count). The normalized spacial score (nSPS) is 11.2. The lowest BCUT2D eigenvalue weighted by molar-refractivity contribution is 0.480. The number of aromatic hydroxyl groups is 1. The van der Waals surface area contributed by atoms with Crippen molar-refractivity contribution >= 4 is 22.3 Å². The van der Waals surface area contributed by atoms with E-state index in [9.17, 15) is 5.11 Å². The van der Waals surface area contributed by atoms with Gasteiger partial charge in [0.05, 0.1) is 11.4 Å². The molecule has 1 N–H and O–H groups in total. The Hall–Kier alpha value is -2.75. The third-order valence-electron chi connectivity index (χ3n) is 3.00. The van der Waals surface area contributed by atoms with Crippen LogP contribution in [0.5, 0.6) is 5.75 Å². The van der Waals surface area contributed by atoms with Gasteiger partial charge in [-0.2, -0.15) is 5.11 Å². The minimum atomic E-state index is 0.148. The average Bonchev–Trinajstić information content (AvgIpc) is 2.47. The summed E-state index contributed by atoms with van der Waals surface area (Å²) in [6.45, 7) is 2.01. The summed E-state index contributed by atoms with van der Waals surface area (Å²) in [6, 6.07) is 14.8. The summed E-state index contributed by atoms with van der Waals surface area (Å²) in [5.74, 6) is 0.148. The Morgan fingerprint density at radius 2 is 1.90 bits per heavy atom. The first-order chi connectivity index (χ1) is 9.74. The van der Waals surface area contributed by atoms with E-state index in [2.05, 4.69) is 15.2 Å². The molecule has 0 saturated heterocycles. The van der Waals surface area contributed by atoms with E-state index in [0.717, 1.165) is 16.6 Å². The molecule has 0 unspecified atom stereocenters. The highest BCUT2D eigenvalue weighted by Crippen LogP contribution is 2.31. The van der Waals surface area contributed by atoms with Crippen molar-refractivity contribution in [2.45, 2.75) is 6.92 Å². The first-order valence-corrected chi connectivity index (χ1v) is 6.29. The predicted octanol–water partition coefficient (Wildman–Crippen LogP) is 4.66. The van der Waals surface area contributed by atoms with Gasteiger partial charge in [0, 0.05) is 11.6 Å². The molecule has 0 spiro atoms. The molecule has 98 valence electrons. The monoisotopic (exact) mass is 263 g/mol. The maximum Gasteiger partial charge on any atom is 0.141 e. The molecular weight excluding hydrogens is 250 g/mol. The van der Waals surface area contributed by atoms with Crippen molar-refractivity contribution in [3.8, 4) is 5.75 Å². The highest BCUT2D eigenvalue weighted by Gasteiger charge is 2.05. The Balaban J connectivity index is 2.05. The highest BCUT2D eigenvalue weighted by atomic mass is 16.3. The molecular formula is C16H13N3O. The molecule has 0 fully saturated rings. The number of fused-ring (bicyclic) bond motifs is 1. The summed E-state index contributed by atoms with van der Waals surface area (Å²) >= 11 is 0. The van der Waals surface area contributed by atoms with Crippen LogP contribution in [0.4, 0.5) is 11.4 Å². The summed E-state index contributed by atoms with van der Waals surface area (Å²) in [5.41, 5.74) is 3.16. The highest BCUT2D eigenvalue weighted by molar-refractivity contribution is 5.93. The van der Waals surface area contributed by atoms with Crippen molar-refractivity contribution < 1.29 is 5.11 Å². The minimum absolute atomic E-state index is 0.148. The lowest BCUT2D eigenvalue weighted by Gasteiger charge is -2.02. The molecule has 0 atom stereocenters. The summed E-state index contributed by atoms with van der Waals surface area (Å²) in [5, 5.41) is 19.1. The van der Waals surface area contributed by atoms with Crippen LogP contribution in [-0.2, 0) is 0 Å². The van der Waals surface area contributed by atoms with Gasteiger partial charge in [-0.1, -0.05) is 12.1 Å². The van der Waals surface area contributed by atoms with Gasteiger partial charge in [-0.15, -0.1) is 5.11 Å². The molecule has 1 aromatic heterocycles. The number of rotatable bonds is 2. The average molecular weight is 263 g/mol. The second-order valence-electron chi connectivity index (χ2n) is 4.54. The topological polar surface area (TPSA) is 57.8 Å². The molecule has 0 amide bonds.